The monoisotopic (exact) mass is 283 g/mol. The molecule has 0 aliphatic heterocycles. The zero-order valence-electron chi connectivity index (χ0n) is 10.1. The molecule has 1 aromatic heterocycles. The van der Waals surface area contributed by atoms with Gasteiger partial charge in [-0.2, -0.15) is 0 Å². The van der Waals surface area contributed by atoms with Gasteiger partial charge in [-0.15, -0.1) is 0 Å². The Bertz CT molecular complexity index is 497. The second-order valence-corrected chi connectivity index (χ2v) is 4.87. The van der Waals surface area contributed by atoms with Gasteiger partial charge in [-0.25, -0.2) is 0 Å². The van der Waals surface area contributed by atoms with Crippen LogP contribution in [0.1, 0.15) is 24.1 Å². The summed E-state index contributed by atoms with van der Waals surface area (Å²) in [5.41, 5.74) is 2.16. The lowest BCUT2D eigenvalue weighted by molar-refractivity contribution is 0.525. The highest BCUT2D eigenvalue weighted by molar-refractivity contribution is 6.42. The number of furan rings is 1. The van der Waals surface area contributed by atoms with Gasteiger partial charge in [-0.05, 0) is 30.7 Å². The number of benzene rings is 1. The van der Waals surface area contributed by atoms with Crippen molar-refractivity contribution < 1.29 is 4.42 Å². The number of rotatable bonds is 5. The molecule has 0 aliphatic carbocycles. The Hall–Kier alpha value is -0.960. The third-order valence-electron chi connectivity index (χ3n) is 2.85. The number of likely N-dealkylation sites (N-methyl/N-ethyl adjacent to an activating group) is 1. The van der Waals surface area contributed by atoms with Crippen molar-refractivity contribution in [1.82, 2.24) is 5.32 Å². The molecule has 0 aliphatic rings. The predicted octanol–water partition coefficient (Wildman–Crippen LogP) is 4.48. The van der Waals surface area contributed by atoms with E-state index in [0.29, 0.717) is 10.0 Å². The minimum Gasteiger partial charge on any atom is -0.472 e. The van der Waals surface area contributed by atoms with Crippen LogP contribution < -0.4 is 5.32 Å². The Balaban J connectivity index is 2.21. The van der Waals surface area contributed by atoms with Gasteiger partial charge < -0.3 is 9.73 Å². The highest BCUT2D eigenvalue weighted by atomic mass is 35.5. The Labute approximate surface area is 117 Å². The normalized spacial score (nSPS) is 12.6. The van der Waals surface area contributed by atoms with Crippen LogP contribution in [0.5, 0.6) is 0 Å². The molecule has 18 heavy (non-hydrogen) atoms. The van der Waals surface area contributed by atoms with Crippen LogP contribution in [0, 0.1) is 0 Å². The van der Waals surface area contributed by atoms with Gasteiger partial charge in [-0.1, -0.05) is 42.3 Å². The van der Waals surface area contributed by atoms with Gasteiger partial charge in [-0.3, -0.25) is 0 Å². The van der Waals surface area contributed by atoms with Crippen molar-refractivity contribution in [3.05, 3.63) is 58.0 Å². The first-order valence-corrected chi connectivity index (χ1v) is 6.66. The van der Waals surface area contributed by atoms with Gasteiger partial charge in [0.2, 0.25) is 0 Å². The Morgan fingerprint density at radius 3 is 2.78 bits per heavy atom. The third-order valence-corrected chi connectivity index (χ3v) is 3.71. The van der Waals surface area contributed by atoms with Gasteiger partial charge in [0.05, 0.1) is 22.6 Å². The summed E-state index contributed by atoms with van der Waals surface area (Å²) in [5.74, 6) is 0. The first kappa shape index (κ1) is 13.5. The molecule has 2 aromatic rings. The second kappa shape index (κ2) is 6.28. The zero-order chi connectivity index (χ0) is 13.0. The van der Waals surface area contributed by atoms with Gasteiger partial charge >= 0.3 is 0 Å². The van der Waals surface area contributed by atoms with Crippen molar-refractivity contribution in [3.8, 4) is 0 Å². The molecule has 1 aromatic carbocycles. The summed E-state index contributed by atoms with van der Waals surface area (Å²) < 4.78 is 5.13. The molecule has 0 fully saturated rings. The van der Waals surface area contributed by atoms with Crippen LogP contribution in [0.4, 0.5) is 0 Å². The van der Waals surface area contributed by atoms with Crippen LogP contribution in [0.25, 0.3) is 0 Å². The Morgan fingerprint density at radius 1 is 1.28 bits per heavy atom. The zero-order valence-corrected chi connectivity index (χ0v) is 11.6. The van der Waals surface area contributed by atoms with Gasteiger partial charge in [0.15, 0.2) is 0 Å². The molecule has 0 radical (unpaired) electrons. The van der Waals surface area contributed by atoms with Crippen molar-refractivity contribution in [3.63, 3.8) is 0 Å². The lowest BCUT2D eigenvalue weighted by Gasteiger charge is -2.17. The standard InChI is InChI=1S/C14H15Cl2NO/c1-2-17-13(11-6-7-18-9-11)8-10-4-3-5-12(15)14(10)16/h3-7,9,13,17H,2,8H2,1H3. The van der Waals surface area contributed by atoms with E-state index in [9.17, 15) is 0 Å². The lowest BCUT2D eigenvalue weighted by Crippen LogP contribution is -2.22. The topological polar surface area (TPSA) is 25.2 Å². The summed E-state index contributed by atoms with van der Waals surface area (Å²) in [6.45, 7) is 2.96. The fourth-order valence-corrected chi connectivity index (χ4v) is 2.35. The van der Waals surface area contributed by atoms with E-state index in [-0.39, 0.29) is 6.04 Å². The number of hydrogen-bond acceptors (Lipinski definition) is 2. The highest BCUT2D eigenvalue weighted by Crippen LogP contribution is 2.29. The smallest absolute Gasteiger partial charge is 0.0950 e. The van der Waals surface area contributed by atoms with E-state index in [4.69, 9.17) is 27.6 Å². The maximum absolute atomic E-state index is 6.22. The molecule has 1 atom stereocenters. The van der Waals surface area contributed by atoms with E-state index in [1.165, 1.54) is 0 Å². The van der Waals surface area contributed by atoms with Gasteiger partial charge in [0, 0.05) is 11.6 Å². The van der Waals surface area contributed by atoms with Crippen molar-refractivity contribution in [2.45, 2.75) is 19.4 Å². The molecular weight excluding hydrogens is 269 g/mol. The van der Waals surface area contributed by atoms with E-state index in [1.807, 2.05) is 18.2 Å². The minimum atomic E-state index is 0.185. The van der Waals surface area contributed by atoms with E-state index in [0.717, 1.165) is 24.1 Å². The number of nitrogens with one attached hydrogen (secondary N) is 1. The Kier molecular flexibility index (Phi) is 4.70. The molecule has 2 rings (SSSR count). The van der Waals surface area contributed by atoms with Gasteiger partial charge in [0.25, 0.3) is 0 Å². The van der Waals surface area contributed by atoms with Crippen LogP contribution in [0.15, 0.2) is 41.2 Å². The van der Waals surface area contributed by atoms with Crippen LogP contribution in [-0.4, -0.2) is 6.54 Å². The molecule has 2 nitrogen and oxygen atoms in total. The molecule has 4 heteroatoms. The van der Waals surface area contributed by atoms with Crippen LogP contribution in [-0.2, 0) is 6.42 Å². The van der Waals surface area contributed by atoms with Crippen molar-refractivity contribution in [2.24, 2.45) is 0 Å². The number of halogens is 2. The highest BCUT2D eigenvalue weighted by Gasteiger charge is 2.15. The fourth-order valence-electron chi connectivity index (χ4n) is 1.95. The van der Waals surface area contributed by atoms with E-state index in [1.54, 1.807) is 18.6 Å². The van der Waals surface area contributed by atoms with E-state index >= 15 is 0 Å². The lowest BCUT2D eigenvalue weighted by atomic mass is 10.0. The summed E-state index contributed by atoms with van der Waals surface area (Å²) in [6.07, 6.45) is 4.22. The summed E-state index contributed by atoms with van der Waals surface area (Å²) in [7, 11) is 0. The molecule has 0 saturated heterocycles. The van der Waals surface area contributed by atoms with Crippen LogP contribution in [0.2, 0.25) is 10.0 Å². The largest absolute Gasteiger partial charge is 0.472 e. The van der Waals surface area contributed by atoms with E-state index in [2.05, 4.69) is 12.2 Å². The average molecular weight is 284 g/mol. The summed E-state index contributed by atoms with van der Waals surface area (Å²) in [6, 6.07) is 7.87. The third kappa shape index (κ3) is 3.08. The molecule has 0 spiro atoms. The van der Waals surface area contributed by atoms with Crippen LogP contribution >= 0.6 is 23.2 Å². The molecule has 0 bridgehead atoms. The Morgan fingerprint density at radius 2 is 2.11 bits per heavy atom. The first-order valence-electron chi connectivity index (χ1n) is 5.90. The second-order valence-electron chi connectivity index (χ2n) is 4.08. The molecule has 0 saturated carbocycles. The van der Waals surface area contributed by atoms with Crippen molar-refractivity contribution in [1.29, 1.82) is 0 Å². The maximum atomic E-state index is 6.22. The van der Waals surface area contributed by atoms with E-state index < -0.39 is 0 Å². The molecule has 1 heterocycles. The molecule has 0 amide bonds. The predicted molar refractivity (Wildman–Crippen MR) is 75.3 cm³/mol. The summed E-state index contributed by atoms with van der Waals surface area (Å²) in [4.78, 5) is 0. The summed E-state index contributed by atoms with van der Waals surface area (Å²) in [5, 5.41) is 4.64. The van der Waals surface area contributed by atoms with Crippen molar-refractivity contribution in [2.75, 3.05) is 6.54 Å². The molecular formula is C14H15Cl2NO. The maximum Gasteiger partial charge on any atom is 0.0950 e. The quantitative estimate of drug-likeness (QED) is 0.875. The first-order chi connectivity index (χ1) is 8.72. The van der Waals surface area contributed by atoms with Gasteiger partial charge in [0.1, 0.15) is 0 Å². The average Bonchev–Trinajstić information content (AvgIpc) is 2.88. The molecule has 96 valence electrons. The number of hydrogen-bond donors (Lipinski definition) is 1. The SMILES string of the molecule is CCNC(Cc1cccc(Cl)c1Cl)c1ccoc1. The fraction of sp³-hybridized carbons (Fsp3) is 0.286. The summed E-state index contributed by atoms with van der Waals surface area (Å²) >= 11 is 12.2. The molecule has 1 N–H and O–H groups in total. The minimum absolute atomic E-state index is 0.185. The molecule has 1 unspecified atom stereocenters. The van der Waals surface area contributed by atoms with Crippen LogP contribution in [0.3, 0.4) is 0 Å². The van der Waals surface area contributed by atoms with Crippen molar-refractivity contribution >= 4 is 23.2 Å².